The lowest BCUT2D eigenvalue weighted by molar-refractivity contribution is 0.0787. The van der Waals surface area contributed by atoms with Gasteiger partial charge in [0.05, 0.1) is 16.7 Å². The molecule has 1 aromatic carbocycles. The summed E-state index contributed by atoms with van der Waals surface area (Å²) in [7, 11) is 0. The number of hydrogen-bond donors (Lipinski definition) is 1. The largest absolute Gasteiger partial charge is 0.338 e. The van der Waals surface area contributed by atoms with Gasteiger partial charge < -0.3 is 4.90 Å². The molecule has 0 radical (unpaired) electrons. The van der Waals surface area contributed by atoms with Crippen molar-refractivity contribution in [2.75, 3.05) is 13.1 Å². The number of nitrogens with zero attached hydrogens (tertiary/aromatic N) is 3. The van der Waals surface area contributed by atoms with Gasteiger partial charge in [-0.25, -0.2) is 4.98 Å². The van der Waals surface area contributed by atoms with Crippen LogP contribution in [0.5, 0.6) is 0 Å². The van der Waals surface area contributed by atoms with Crippen LogP contribution in [0.1, 0.15) is 27.5 Å². The monoisotopic (exact) mass is 326 g/mol. The first kappa shape index (κ1) is 14.4. The SMILES string of the molecule is Cc1csc(CC2CCN(C(=O)c3ccc4[nH]ncc4c3)C2)n1. The maximum absolute atomic E-state index is 12.7. The lowest BCUT2D eigenvalue weighted by atomic mass is 10.1. The van der Waals surface area contributed by atoms with Gasteiger partial charge in [0.2, 0.25) is 0 Å². The van der Waals surface area contributed by atoms with Crippen molar-refractivity contribution in [2.24, 2.45) is 5.92 Å². The molecule has 3 heterocycles. The highest BCUT2D eigenvalue weighted by atomic mass is 32.1. The summed E-state index contributed by atoms with van der Waals surface area (Å²) >= 11 is 1.72. The molecule has 1 aliphatic heterocycles. The van der Waals surface area contributed by atoms with Crippen molar-refractivity contribution >= 4 is 28.1 Å². The van der Waals surface area contributed by atoms with Gasteiger partial charge in [0, 0.05) is 41.5 Å². The molecule has 1 N–H and O–H groups in total. The summed E-state index contributed by atoms with van der Waals surface area (Å²) in [6, 6.07) is 5.71. The lowest BCUT2D eigenvalue weighted by Gasteiger charge is -2.16. The number of carbonyl (C=O) groups excluding carboxylic acids is 1. The summed E-state index contributed by atoms with van der Waals surface area (Å²) in [5.74, 6) is 0.632. The van der Waals surface area contributed by atoms with Gasteiger partial charge >= 0.3 is 0 Å². The van der Waals surface area contributed by atoms with Crippen molar-refractivity contribution < 1.29 is 4.79 Å². The maximum Gasteiger partial charge on any atom is 0.253 e. The van der Waals surface area contributed by atoms with E-state index >= 15 is 0 Å². The number of amides is 1. The Morgan fingerprint density at radius 1 is 1.48 bits per heavy atom. The van der Waals surface area contributed by atoms with Gasteiger partial charge in [-0.3, -0.25) is 9.89 Å². The first-order chi connectivity index (χ1) is 11.2. The molecule has 1 unspecified atom stereocenters. The van der Waals surface area contributed by atoms with Gasteiger partial charge in [-0.1, -0.05) is 0 Å². The average molecular weight is 326 g/mol. The van der Waals surface area contributed by atoms with E-state index in [9.17, 15) is 4.79 Å². The molecule has 0 saturated carbocycles. The normalized spacial score (nSPS) is 18.0. The molecule has 23 heavy (non-hydrogen) atoms. The van der Waals surface area contributed by atoms with Crippen LogP contribution in [-0.4, -0.2) is 39.1 Å². The molecule has 5 nitrogen and oxygen atoms in total. The third kappa shape index (κ3) is 2.86. The predicted octanol–water partition coefficient (Wildman–Crippen LogP) is 3.03. The molecule has 0 aliphatic carbocycles. The minimum atomic E-state index is 0.117. The quantitative estimate of drug-likeness (QED) is 0.805. The summed E-state index contributed by atoms with van der Waals surface area (Å²) in [4.78, 5) is 19.2. The Morgan fingerprint density at radius 2 is 2.39 bits per heavy atom. The zero-order chi connectivity index (χ0) is 15.8. The Kier molecular flexibility index (Phi) is 3.61. The van der Waals surface area contributed by atoms with E-state index < -0.39 is 0 Å². The number of hydrogen-bond acceptors (Lipinski definition) is 4. The molecule has 1 amide bonds. The molecule has 1 saturated heterocycles. The first-order valence-electron chi connectivity index (χ1n) is 7.82. The average Bonchev–Trinajstić information content (AvgIpc) is 3.27. The zero-order valence-electron chi connectivity index (χ0n) is 13.0. The van der Waals surface area contributed by atoms with Crippen molar-refractivity contribution in [1.29, 1.82) is 0 Å². The number of aromatic amines is 1. The molecule has 1 aliphatic rings. The van der Waals surface area contributed by atoms with Crippen LogP contribution in [0.2, 0.25) is 0 Å². The number of thiazole rings is 1. The van der Waals surface area contributed by atoms with E-state index in [1.165, 1.54) is 5.01 Å². The molecule has 1 fully saturated rings. The van der Waals surface area contributed by atoms with Crippen molar-refractivity contribution in [1.82, 2.24) is 20.1 Å². The lowest BCUT2D eigenvalue weighted by Crippen LogP contribution is -2.28. The van der Waals surface area contributed by atoms with Crippen molar-refractivity contribution in [3.63, 3.8) is 0 Å². The summed E-state index contributed by atoms with van der Waals surface area (Å²) in [5.41, 5.74) is 2.79. The van der Waals surface area contributed by atoms with Crippen LogP contribution in [0.15, 0.2) is 29.8 Å². The highest BCUT2D eigenvalue weighted by molar-refractivity contribution is 7.09. The number of fused-ring (bicyclic) bond motifs is 1. The van der Waals surface area contributed by atoms with Crippen LogP contribution in [-0.2, 0) is 6.42 Å². The fourth-order valence-electron chi connectivity index (χ4n) is 3.19. The van der Waals surface area contributed by atoms with Crippen LogP contribution >= 0.6 is 11.3 Å². The van der Waals surface area contributed by atoms with E-state index in [2.05, 4.69) is 20.6 Å². The topological polar surface area (TPSA) is 61.9 Å². The number of H-pyrrole nitrogens is 1. The van der Waals surface area contributed by atoms with Crippen LogP contribution in [0.3, 0.4) is 0 Å². The molecule has 0 spiro atoms. The fourth-order valence-corrected chi connectivity index (χ4v) is 4.07. The molecule has 4 rings (SSSR count). The minimum Gasteiger partial charge on any atom is -0.338 e. The van der Waals surface area contributed by atoms with Gasteiger partial charge in [-0.15, -0.1) is 11.3 Å². The number of benzene rings is 1. The van der Waals surface area contributed by atoms with E-state index in [0.29, 0.717) is 5.92 Å². The highest BCUT2D eigenvalue weighted by Gasteiger charge is 2.27. The number of aryl methyl sites for hydroxylation is 1. The Balaban J connectivity index is 1.45. The molecular formula is C17H18N4OS. The van der Waals surface area contributed by atoms with Gasteiger partial charge in [-0.2, -0.15) is 5.10 Å². The molecule has 3 aromatic rings. The Labute approximate surface area is 138 Å². The highest BCUT2D eigenvalue weighted by Crippen LogP contribution is 2.24. The number of nitrogens with one attached hydrogen (secondary N) is 1. The van der Waals surface area contributed by atoms with Crippen LogP contribution in [0.25, 0.3) is 10.9 Å². The molecule has 6 heteroatoms. The predicted molar refractivity (Wildman–Crippen MR) is 90.7 cm³/mol. The smallest absolute Gasteiger partial charge is 0.253 e. The molecule has 1 atom stereocenters. The van der Waals surface area contributed by atoms with Gasteiger partial charge in [0.1, 0.15) is 0 Å². The Bertz CT molecular complexity index is 853. The molecule has 118 valence electrons. The molecule has 0 bridgehead atoms. The summed E-state index contributed by atoms with van der Waals surface area (Å²) in [5, 5.41) is 11.2. The van der Waals surface area contributed by atoms with E-state index in [1.54, 1.807) is 17.5 Å². The summed E-state index contributed by atoms with van der Waals surface area (Å²) < 4.78 is 0. The van der Waals surface area contributed by atoms with Crippen molar-refractivity contribution in [2.45, 2.75) is 19.8 Å². The first-order valence-corrected chi connectivity index (χ1v) is 8.70. The van der Waals surface area contributed by atoms with E-state index in [1.807, 2.05) is 30.0 Å². The van der Waals surface area contributed by atoms with Crippen molar-refractivity contribution in [3.05, 3.63) is 46.0 Å². The van der Waals surface area contributed by atoms with Crippen LogP contribution in [0, 0.1) is 12.8 Å². The van der Waals surface area contributed by atoms with Crippen LogP contribution < -0.4 is 0 Å². The van der Waals surface area contributed by atoms with E-state index in [4.69, 9.17) is 0 Å². The zero-order valence-corrected chi connectivity index (χ0v) is 13.8. The Morgan fingerprint density at radius 3 is 3.22 bits per heavy atom. The van der Waals surface area contributed by atoms with Crippen LogP contribution in [0.4, 0.5) is 0 Å². The second kappa shape index (κ2) is 5.77. The van der Waals surface area contributed by atoms with Crippen molar-refractivity contribution in [3.8, 4) is 0 Å². The van der Waals surface area contributed by atoms with E-state index in [-0.39, 0.29) is 5.91 Å². The summed E-state index contributed by atoms with van der Waals surface area (Å²) in [6.07, 6.45) is 3.78. The van der Waals surface area contributed by atoms with Gasteiger partial charge in [0.25, 0.3) is 5.91 Å². The fraction of sp³-hybridized carbons (Fsp3) is 0.353. The van der Waals surface area contributed by atoms with Gasteiger partial charge in [0.15, 0.2) is 0 Å². The molecular weight excluding hydrogens is 308 g/mol. The Hall–Kier alpha value is -2.21. The molecule has 2 aromatic heterocycles. The van der Waals surface area contributed by atoms with E-state index in [0.717, 1.165) is 48.1 Å². The number of carbonyl (C=O) groups is 1. The maximum atomic E-state index is 12.7. The number of aromatic nitrogens is 3. The summed E-state index contributed by atoms with van der Waals surface area (Å²) in [6.45, 7) is 3.68. The van der Waals surface area contributed by atoms with Gasteiger partial charge in [-0.05, 0) is 37.5 Å². The second-order valence-corrected chi connectivity index (χ2v) is 7.11. The standard InChI is InChI=1S/C17H18N4OS/c1-11-10-23-16(19-11)6-12-4-5-21(9-12)17(22)13-2-3-15-14(7-13)8-18-20-15/h2-3,7-8,10,12H,4-6,9H2,1H3,(H,18,20). The minimum absolute atomic E-state index is 0.117. The second-order valence-electron chi connectivity index (χ2n) is 6.16. The number of likely N-dealkylation sites (tertiary alicyclic amines) is 1. The third-order valence-corrected chi connectivity index (χ3v) is 5.38. The number of rotatable bonds is 3. The third-order valence-electron chi connectivity index (χ3n) is 4.39.